The quantitative estimate of drug-likeness (QED) is 0.563. The summed E-state index contributed by atoms with van der Waals surface area (Å²) in [6.07, 6.45) is 15.0. The fourth-order valence-electron chi connectivity index (χ4n) is 2.75. The van der Waals surface area contributed by atoms with Crippen LogP contribution in [0.15, 0.2) is 23.9 Å². The van der Waals surface area contributed by atoms with Crippen LogP contribution < -0.4 is 0 Å². The molecule has 3 nitrogen and oxygen atoms in total. The zero-order valence-electron chi connectivity index (χ0n) is 11.3. The van der Waals surface area contributed by atoms with Gasteiger partial charge in [-0.2, -0.15) is 5.26 Å². The molecule has 0 radical (unpaired) electrons. The number of likely N-dealkylation sites (tertiary alicyclic amines) is 1. The van der Waals surface area contributed by atoms with Crippen LogP contribution in [0.2, 0.25) is 0 Å². The van der Waals surface area contributed by atoms with Crippen molar-refractivity contribution in [1.82, 2.24) is 9.80 Å². The van der Waals surface area contributed by atoms with Crippen LogP contribution in [0.4, 0.5) is 0 Å². The van der Waals surface area contributed by atoms with Crippen molar-refractivity contribution >= 4 is 0 Å². The van der Waals surface area contributed by atoms with E-state index in [4.69, 9.17) is 5.26 Å². The van der Waals surface area contributed by atoms with Crippen LogP contribution in [0.5, 0.6) is 0 Å². The lowest BCUT2D eigenvalue weighted by atomic mass is 10.0. The molecule has 18 heavy (non-hydrogen) atoms. The van der Waals surface area contributed by atoms with Crippen LogP contribution in [0, 0.1) is 11.5 Å². The Bertz CT molecular complexity index is 358. The van der Waals surface area contributed by atoms with E-state index in [0.717, 1.165) is 19.4 Å². The van der Waals surface area contributed by atoms with E-state index in [9.17, 15) is 0 Å². The van der Waals surface area contributed by atoms with Crippen molar-refractivity contribution in [2.45, 2.75) is 45.1 Å². The number of allylic oxidation sites excluding steroid dienone is 1. The van der Waals surface area contributed by atoms with Crippen molar-refractivity contribution in [1.29, 1.82) is 5.26 Å². The Morgan fingerprint density at radius 3 is 2.72 bits per heavy atom. The van der Waals surface area contributed by atoms with E-state index in [2.05, 4.69) is 36.2 Å². The zero-order valence-corrected chi connectivity index (χ0v) is 11.3. The summed E-state index contributed by atoms with van der Waals surface area (Å²) >= 11 is 0. The molecule has 0 aromatic heterocycles. The molecule has 1 unspecified atom stereocenters. The highest BCUT2D eigenvalue weighted by atomic mass is 15.2. The van der Waals surface area contributed by atoms with Gasteiger partial charge in [0.2, 0.25) is 0 Å². The third kappa shape index (κ3) is 3.07. The summed E-state index contributed by atoms with van der Waals surface area (Å²) in [5.41, 5.74) is 1.36. The predicted molar refractivity (Wildman–Crippen MR) is 73.7 cm³/mol. The van der Waals surface area contributed by atoms with Gasteiger partial charge in [0.05, 0.1) is 6.04 Å². The molecule has 1 aliphatic carbocycles. The molecular formula is C15H23N3. The van der Waals surface area contributed by atoms with Gasteiger partial charge < -0.3 is 9.80 Å². The number of hydrogen-bond donors (Lipinski definition) is 0. The summed E-state index contributed by atoms with van der Waals surface area (Å²) in [5, 5.41) is 9.13. The molecule has 0 spiro atoms. The number of nitrogens with zero attached hydrogens (tertiary/aromatic N) is 3. The highest BCUT2D eigenvalue weighted by Gasteiger charge is 2.18. The lowest BCUT2D eigenvalue weighted by Gasteiger charge is -2.33. The molecule has 98 valence electrons. The summed E-state index contributed by atoms with van der Waals surface area (Å²) < 4.78 is 0. The van der Waals surface area contributed by atoms with Gasteiger partial charge in [-0.3, -0.25) is 0 Å². The topological polar surface area (TPSA) is 30.3 Å². The Labute approximate surface area is 110 Å². The minimum atomic E-state index is 0.267. The van der Waals surface area contributed by atoms with Gasteiger partial charge in [0.15, 0.2) is 6.19 Å². The third-order valence-electron chi connectivity index (χ3n) is 3.77. The molecule has 2 rings (SSSR count). The summed E-state index contributed by atoms with van der Waals surface area (Å²) in [4.78, 5) is 4.37. The Kier molecular flexibility index (Phi) is 4.69. The maximum Gasteiger partial charge on any atom is 0.179 e. The largest absolute Gasteiger partial charge is 0.372 e. The number of nitriles is 1. The van der Waals surface area contributed by atoms with Gasteiger partial charge in [0, 0.05) is 25.3 Å². The molecule has 0 aromatic carbocycles. The second kappa shape index (κ2) is 6.49. The van der Waals surface area contributed by atoms with Crippen LogP contribution in [-0.2, 0) is 0 Å². The molecule has 1 heterocycles. The second-order valence-corrected chi connectivity index (χ2v) is 5.13. The highest BCUT2D eigenvalue weighted by molar-refractivity contribution is 5.25. The van der Waals surface area contributed by atoms with Crippen molar-refractivity contribution in [3.63, 3.8) is 0 Å². The standard InChI is InChI=1S/C15H23N3/c1-2-10-18(13-16)15-8-6-14(7-9-15)17-11-4-3-5-12-17/h6-8,15H,2-5,9-12H2,1H3. The molecule has 1 aliphatic heterocycles. The van der Waals surface area contributed by atoms with E-state index in [1.165, 1.54) is 38.0 Å². The highest BCUT2D eigenvalue weighted by Crippen LogP contribution is 2.21. The smallest absolute Gasteiger partial charge is 0.179 e. The normalized spacial score (nSPS) is 23.4. The van der Waals surface area contributed by atoms with Gasteiger partial charge in [-0.25, -0.2) is 0 Å². The molecule has 0 N–H and O–H groups in total. The first-order valence-electron chi connectivity index (χ1n) is 7.15. The van der Waals surface area contributed by atoms with Crippen LogP contribution >= 0.6 is 0 Å². The van der Waals surface area contributed by atoms with Crippen LogP contribution in [0.25, 0.3) is 0 Å². The van der Waals surface area contributed by atoms with Crippen LogP contribution in [-0.4, -0.2) is 35.5 Å². The van der Waals surface area contributed by atoms with Crippen LogP contribution in [0.3, 0.4) is 0 Å². The minimum Gasteiger partial charge on any atom is -0.372 e. The van der Waals surface area contributed by atoms with E-state index in [1.54, 1.807) is 0 Å². The lowest BCUT2D eigenvalue weighted by Crippen LogP contribution is -2.33. The van der Waals surface area contributed by atoms with Gasteiger partial charge in [-0.05, 0) is 38.2 Å². The number of hydrogen-bond acceptors (Lipinski definition) is 3. The summed E-state index contributed by atoms with van der Waals surface area (Å²) in [6.45, 7) is 5.36. The second-order valence-electron chi connectivity index (χ2n) is 5.13. The minimum absolute atomic E-state index is 0.267. The average Bonchev–Trinajstić information content (AvgIpc) is 2.46. The molecule has 3 heteroatoms. The first-order chi connectivity index (χ1) is 8.85. The fraction of sp³-hybridized carbons (Fsp3) is 0.667. The van der Waals surface area contributed by atoms with Gasteiger partial charge in [-0.1, -0.05) is 19.1 Å². The number of rotatable bonds is 4. The predicted octanol–water partition coefficient (Wildman–Crippen LogP) is 2.88. The van der Waals surface area contributed by atoms with E-state index in [0.29, 0.717) is 0 Å². The Hall–Kier alpha value is -1.43. The first-order valence-corrected chi connectivity index (χ1v) is 7.15. The molecule has 0 amide bonds. The molecule has 2 aliphatic rings. The monoisotopic (exact) mass is 245 g/mol. The van der Waals surface area contributed by atoms with Crippen LogP contribution in [0.1, 0.15) is 39.0 Å². The Morgan fingerprint density at radius 1 is 1.39 bits per heavy atom. The van der Waals surface area contributed by atoms with E-state index in [1.807, 2.05) is 4.90 Å². The first kappa shape index (κ1) is 13.0. The van der Waals surface area contributed by atoms with Gasteiger partial charge in [0.25, 0.3) is 0 Å². The maximum atomic E-state index is 9.13. The molecular weight excluding hydrogens is 222 g/mol. The molecule has 0 saturated carbocycles. The third-order valence-corrected chi connectivity index (χ3v) is 3.77. The van der Waals surface area contributed by atoms with Gasteiger partial charge >= 0.3 is 0 Å². The SMILES string of the molecule is CCCN(C#N)C1C=CC(N2CCCCC2)=CC1. The van der Waals surface area contributed by atoms with Gasteiger partial charge in [-0.15, -0.1) is 0 Å². The fourth-order valence-corrected chi connectivity index (χ4v) is 2.75. The molecule has 1 fully saturated rings. The van der Waals surface area contributed by atoms with Crippen molar-refractivity contribution in [3.05, 3.63) is 23.9 Å². The molecule has 0 bridgehead atoms. The average molecular weight is 245 g/mol. The van der Waals surface area contributed by atoms with Crippen molar-refractivity contribution < 1.29 is 0 Å². The van der Waals surface area contributed by atoms with Crippen molar-refractivity contribution in [3.8, 4) is 6.19 Å². The van der Waals surface area contributed by atoms with E-state index >= 15 is 0 Å². The molecule has 0 aromatic rings. The summed E-state index contributed by atoms with van der Waals surface area (Å²) in [6, 6.07) is 0.267. The van der Waals surface area contributed by atoms with Gasteiger partial charge in [0.1, 0.15) is 0 Å². The number of piperidine rings is 1. The van der Waals surface area contributed by atoms with Crippen molar-refractivity contribution in [2.75, 3.05) is 19.6 Å². The maximum absolute atomic E-state index is 9.13. The lowest BCUT2D eigenvalue weighted by molar-refractivity contribution is 0.284. The molecule has 1 atom stereocenters. The van der Waals surface area contributed by atoms with E-state index < -0.39 is 0 Å². The Balaban J connectivity index is 1.91. The molecule has 1 saturated heterocycles. The summed E-state index contributed by atoms with van der Waals surface area (Å²) in [5.74, 6) is 0. The summed E-state index contributed by atoms with van der Waals surface area (Å²) in [7, 11) is 0. The zero-order chi connectivity index (χ0) is 12.8. The van der Waals surface area contributed by atoms with E-state index in [-0.39, 0.29) is 6.04 Å². The Morgan fingerprint density at radius 2 is 2.17 bits per heavy atom. The van der Waals surface area contributed by atoms with Crippen molar-refractivity contribution in [2.24, 2.45) is 0 Å².